The SMILES string of the molecule is C[Si](=[Zr+2])CCCO.[Cl-].[Cl-].c1ccc2[cH-]ccc2c1.c1ccc2[cH-]ccc2c1. The van der Waals surface area contributed by atoms with Crippen molar-refractivity contribution in [2.45, 2.75) is 19.0 Å². The van der Waals surface area contributed by atoms with Crippen LogP contribution in [0.25, 0.3) is 21.5 Å². The van der Waals surface area contributed by atoms with Crippen LogP contribution in [0.4, 0.5) is 0 Å². The predicted octanol–water partition coefficient (Wildman–Crippen LogP) is -0.338. The molecule has 1 N–H and O–H groups in total. The zero-order valence-corrected chi connectivity index (χ0v) is 20.4. The van der Waals surface area contributed by atoms with Crippen molar-refractivity contribution in [2.24, 2.45) is 0 Å². The number of fused-ring (bicyclic) bond motifs is 2. The van der Waals surface area contributed by atoms with E-state index in [9.17, 15) is 0 Å². The van der Waals surface area contributed by atoms with E-state index < -0.39 is 0 Å². The van der Waals surface area contributed by atoms with Crippen molar-refractivity contribution in [2.75, 3.05) is 6.61 Å². The Bertz CT molecular complexity index is 775. The number of hydrogen-bond donors (Lipinski definition) is 1. The third kappa shape index (κ3) is 9.87. The fourth-order valence-electron chi connectivity index (χ4n) is 2.48. The van der Waals surface area contributed by atoms with Crippen LogP contribution in [0, 0.1) is 0 Å². The Morgan fingerprint density at radius 2 is 1.26 bits per heavy atom. The van der Waals surface area contributed by atoms with Gasteiger partial charge in [0.2, 0.25) is 0 Å². The van der Waals surface area contributed by atoms with Crippen molar-refractivity contribution in [3.63, 3.8) is 0 Å². The Balaban J connectivity index is 0.000000367. The van der Waals surface area contributed by atoms with Crippen molar-refractivity contribution < 1.29 is 53.3 Å². The van der Waals surface area contributed by atoms with Crippen molar-refractivity contribution in [3.8, 4) is 0 Å². The number of aliphatic hydroxyl groups is 1. The second-order valence-corrected chi connectivity index (χ2v) is 14.3. The smallest absolute Gasteiger partial charge is 0.0809 e. The van der Waals surface area contributed by atoms with Gasteiger partial charge in [0.25, 0.3) is 0 Å². The van der Waals surface area contributed by atoms with Gasteiger partial charge in [-0.05, 0) is 0 Å². The summed E-state index contributed by atoms with van der Waals surface area (Å²) in [5, 5.41) is 13.7. The largest absolute Gasteiger partial charge is 1.00 e. The van der Waals surface area contributed by atoms with Gasteiger partial charge in [0.05, 0.1) is 0 Å². The third-order valence-corrected chi connectivity index (χ3v) is 6.75. The molecule has 0 atom stereocenters. The van der Waals surface area contributed by atoms with Crippen LogP contribution in [0.5, 0.6) is 0 Å². The zero-order chi connectivity index (χ0) is 17.9. The predicted molar refractivity (Wildman–Crippen MR) is 107 cm³/mol. The maximum atomic E-state index is 8.34. The van der Waals surface area contributed by atoms with Crippen LogP contribution in [0.2, 0.25) is 12.6 Å². The number of benzene rings is 2. The summed E-state index contributed by atoms with van der Waals surface area (Å²) >= 11 is 1.69. The summed E-state index contributed by atoms with van der Waals surface area (Å²) in [6.07, 6.45) is 1.02. The van der Waals surface area contributed by atoms with Gasteiger partial charge in [-0.25, -0.2) is 0 Å². The number of hydrogen-bond acceptors (Lipinski definition) is 1. The molecule has 4 aromatic carbocycles. The molecule has 27 heavy (non-hydrogen) atoms. The summed E-state index contributed by atoms with van der Waals surface area (Å²) in [5.41, 5.74) is 0.0327. The van der Waals surface area contributed by atoms with E-state index in [-0.39, 0.29) is 30.2 Å². The Hall–Kier alpha value is -0.700. The van der Waals surface area contributed by atoms with Gasteiger partial charge in [0.15, 0.2) is 0 Å². The molecular weight excluding hydrogens is 470 g/mol. The molecule has 5 heteroatoms. The number of aliphatic hydroxyl groups excluding tert-OH is 1. The molecule has 0 radical (unpaired) electrons. The van der Waals surface area contributed by atoms with Gasteiger partial charge in [0.1, 0.15) is 0 Å². The summed E-state index contributed by atoms with van der Waals surface area (Å²) in [6.45, 7) is 2.69. The summed E-state index contributed by atoms with van der Waals surface area (Å²) < 4.78 is 0. The summed E-state index contributed by atoms with van der Waals surface area (Å²) in [7, 11) is 0. The normalized spacial score (nSPS) is 9.19. The molecule has 0 fully saturated rings. The van der Waals surface area contributed by atoms with Crippen LogP contribution >= 0.6 is 0 Å². The second-order valence-electron chi connectivity index (χ2n) is 5.92. The van der Waals surface area contributed by atoms with Gasteiger partial charge in [-0.2, -0.15) is 35.0 Å². The molecule has 1 nitrogen and oxygen atoms in total. The standard InChI is InChI=1S/2C9H7.C4H10OSi.2ClH.Zr/c2*1-2-5-9-7-3-6-8(9)4-1;1-6-4-2-3-5;;;/h2*1-7H;5H,2-4H2,1H3;2*1H;/q2*-1;;;;+2/p-2. The molecule has 0 amide bonds. The topological polar surface area (TPSA) is 20.2 Å². The van der Waals surface area contributed by atoms with E-state index in [1.165, 1.54) is 27.6 Å². The van der Waals surface area contributed by atoms with E-state index in [4.69, 9.17) is 5.11 Å². The van der Waals surface area contributed by atoms with Crippen LogP contribution in [0.15, 0.2) is 84.9 Å². The van der Waals surface area contributed by atoms with Gasteiger partial charge < -0.3 is 24.8 Å². The molecule has 0 aromatic heterocycles. The van der Waals surface area contributed by atoms with E-state index in [1.54, 1.807) is 23.3 Å². The average Bonchev–Trinajstić information content (AvgIpc) is 3.29. The summed E-state index contributed by atoms with van der Waals surface area (Å²) in [6, 6.07) is 30.6. The Kier molecular flexibility index (Phi) is 14.9. The average molecular weight is 495 g/mol. The number of halogens is 2. The van der Waals surface area contributed by atoms with E-state index in [1.807, 2.05) is 0 Å². The van der Waals surface area contributed by atoms with Crippen LogP contribution < -0.4 is 24.8 Å². The van der Waals surface area contributed by atoms with Crippen molar-refractivity contribution in [1.29, 1.82) is 0 Å². The minimum atomic E-state index is 0. The minimum absolute atomic E-state index is 0. The van der Waals surface area contributed by atoms with Crippen LogP contribution in [0.1, 0.15) is 6.42 Å². The van der Waals surface area contributed by atoms with E-state index in [2.05, 4.69) is 91.5 Å². The van der Waals surface area contributed by atoms with Gasteiger partial charge in [-0.15, -0.1) is 59.3 Å². The maximum absolute atomic E-state index is 8.34. The molecule has 0 spiro atoms. The molecule has 0 aliphatic carbocycles. The molecule has 142 valence electrons. The van der Waals surface area contributed by atoms with Crippen molar-refractivity contribution >= 4 is 27.0 Å². The molecule has 0 aliphatic rings. The molecule has 0 saturated heterocycles. The van der Waals surface area contributed by atoms with Crippen LogP contribution in [-0.4, -0.2) is 17.1 Å². The van der Waals surface area contributed by atoms with Crippen LogP contribution in [-0.2, 0) is 23.3 Å². The first kappa shape index (κ1) is 26.3. The second kappa shape index (κ2) is 15.2. The maximum Gasteiger partial charge on any atom is -0.0809 e. The van der Waals surface area contributed by atoms with Gasteiger partial charge >= 0.3 is 59.5 Å². The first-order valence-electron chi connectivity index (χ1n) is 8.56. The molecule has 0 unspecified atom stereocenters. The Morgan fingerprint density at radius 1 is 0.815 bits per heavy atom. The number of rotatable bonds is 3. The van der Waals surface area contributed by atoms with Gasteiger partial charge in [0, 0.05) is 0 Å². The van der Waals surface area contributed by atoms with Crippen molar-refractivity contribution in [3.05, 3.63) is 84.9 Å². The van der Waals surface area contributed by atoms with Crippen LogP contribution in [0.3, 0.4) is 0 Å². The Morgan fingerprint density at radius 3 is 1.59 bits per heavy atom. The Labute approximate surface area is 189 Å². The quantitative estimate of drug-likeness (QED) is 0.305. The van der Waals surface area contributed by atoms with E-state index in [0.29, 0.717) is 6.61 Å². The molecule has 0 heterocycles. The zero-order valence-electron chi connectivity index (χ0n) is 15.4. The van der Waals surface area contributed by atoms with E-state index >= 15 is 0 Å². The molecule has 4 rings (SSSR count). The molecule has 0 aliphatic heterocycles. The molecular formula is C22H24Cl2OSiZr-2. The fourth-order valence-corrected chi connectivity index (χ4v) is 4.48. The summed E-state index contributed by atoms with van der Waals surface area (Å²) in [4.78, 5) is 0. The molecule has 0 bridgehead atoms. The van der Waals surface area contributed by atoms with Crippen molar-refractivity contribution in [1.82, 2.24) is 0 Å². The summed E-state index contributed by atoms with van der Waals surface area (Å²) in [5.74, 6) is 0. The first-order chi connectivity index (χ1) is 12.2. The first-order valence-corrected chi connectivity index (χ1v) is 14.5. The van der Waals surface area contributed by atoms with Gasteiger partial charge in [-0.3, -0.25) is 0 Å². The van der Waals surface area contributed by atoms with E-state index in [0.717, 1.165) is 6.42 Å². The third-order valence-electron chi connectivity index (χ3n) is 3.81. The molecule has 4 aromatic rings. The minimum Gasteiger partial charge on any atom is -1.00 e. The monoisotopic (exact) mass is 492 g/mol. The fraction of sp³-hybridized carbons (Fsp3) is 0.182. The van der Waals surface area contributed by atoms with Gasteiger partial charge in [-0.1, -0.05) is 12.1 Å². The molecule has 0 saturated carbocycles.